The van der Waals surface area contributed by atoms with Crippen molar-refractivity contribution in [1.82, 2.24) is 5.32 Å². The van der Waals surface area contributed by atoms with Gasteiger partial charge in [-0.25, -0.2) is 4.79 Å². The molecule has 1 aromatic carbocycles. The molecule has 0 bridgehead atoms. The number of aliphatic hydroxyl groups excluding tert-OH is 1. The zero-order valence-electron chi connectivity index (χ0n) is 14.6. The molecule has 2 N–H and O–H groups in total. The quantitative estimate of drug-likeness (QED) is 0.763. The number of carbonyl (C=O) groups excluding carboxylic acids is 2. The van der Waals surface area contributed by atoms with Crippen LogP contribution >= 0.6 is 11.6 Å². The van der Waals surface area contributed by atoms with E-state index in [2.05, 4.69) is 5.32 Å². The number of esters is 1. The Morgan fingerprint density at radius 2 is 1.96 bits per heavy atom. The average Bonchev–Trinajstić information content (AvgIpc) is 2.46. The van der Waals surface area contributed by atoms with E-state index in [1.807, 2.05) is 13.0 Å². The fourth-order valence-electron chi connectivity index (χ4n) is 1.74. The van der Waals surface area contributed by atoms with Gasteiger partial charge in [-0.15, -0.1) is 0 Å². The van der Waals surface area contributed by atoms with E-state index in [0.717, 1.165) is 5.56 Å². The van der Waals surface area contributed by atoms with Crippen molar-refractivity contribution in [2.24, 2.45) is 0 Å². The number of aliphatic hydroxyl groups is 1. The van der Waals surface area contributed by atoms with Crippen molar-refractivity contribution in [2.75, 3.05) is 6.54 Å². The zero-order valence-corrected chi connectivity index (χ0v) is 15.3. The smallest absolute Gasteiger partial charge is 0.337 e. The van der Waals surface area contributed by atoms with Crippen LogP contribution in [0.3, 0.4) is 0 Å². The van der Waals surface area contributed by atoms with E-state index >= 15 is 0 Å². The molecule has 0 saturated heterocycles. The number of amides is 1. The molecular formula is C17H24ClNO5. The summed E-state index contributed by atoms with van der Waals surface area (Å²) in [7, 11) is 0. The van der Waals surface area contributed by atoms with Gasteiger partial charge in [0.2, 0.25) is 0 Å². The molecule has 0 aliphatic carbocycles. The minimum atomic E-state index is -1.44. The first-order valence-electron chi connectivity index (χ1n) is 7.61. The molecule has 24 heavy (non-hydrogen) atoms. The third-order valence-corrected chi connectivity index (χ3v) is 3.22. The summed E-state index contributed by atoms with van der Waals surface area (Å²) in [4.78, 5) is 23.7. The van der Waals surface area contributed by atoms with E-state index in [-0.39, 0.29) is 6.54 Å². The van der Waals surface area contributed by atoms with Crippen molar-refractivity contribution in [1.29, 1.82) is 0 Å². The second-order valence-corrected chi connectivity index (χ2v) is 6.90. The molecule has 0 spiro atoms. The van der Waals surface area contributed by atoms with Gasteiger partial charge in [0.05, 0.1) is 11.6 Å². The average molecular weight is 358 g/mol. The summed E-state index contributed by atoms with van der Waals surface area (Å²) in [6.45, 7) is 8.25. The fourth-order valence-corrected chi connectivity index (χ4v) is 1.90. The molecule has 0 aliphatic heterocycles. The summed E-state index contributed by atoms with van der Waals surface area (Å²) in [6, 6.07) is 5.24. The van der Waals surface area contributed by atoms with Gasteiger partial charge in [0.15, 0.2) is 12.2 Å². The standard InChI is InChI=1S/C17H24ClNO5/c1-10-6-7-12(18)14(8-10)23-11(2)15(21)19-9-13(20)16(22)24-17(3,4)5/h6-8,11,13,20H,9H2,1-5H3,(H,19,21)/t11-,13-/m1/s1. The maximum Gasteiger partial charge on any atom is 0.337 e. The monoisotopic (exact) mass is 357 g/mol. The molecular weight excluding hydrogens is 334 g/mol. The van der Waals surface area contributed by atoms with Gasteiger partial charge >= 0.3 is 5.97 Å². The van der Waals surface area contributed by atoms with Crippen LogP contribution in [0.15, 0.2) is 18.2 Å². The molecule has 2 atom stereocenters. The van der Waals surface area contributed by atoms with Crippen LogP contribution in [0.25, 0.3) is 0 Å². The predicted octanol–water partition coefficient (Wildman–Crippen LogP) is 2.23. The molecule has 1 amide bonds. The van der Waals surface area contributed by atoms with Crippen molar-refractivity contribution in [3.63, 3.8) is 0 Å². The van der Waals surface area contributed by atoms with Crippen LogP contribution in [0, 0.1) is 6.92 Å². The molecule has 6 nitrogen and oxygen atoms in total. The first-order valence-corrected chi connectivity index (χ1v) is 7.99. The van der Waals surface area contributed by atoms with E-state index in [1.54, 1.807) is 39.8 Å². The van der Waals surface area contributed by atoms with E-state index < -0.39 is 29.7 Å². The first kappa shape index (κ1) is 20.3. The lowest BCUT2D eigenvalue weighted by Gasteiger charge is -2.22. The molecule has 0 unspecified atom stereocenters. The molecule has 0 aromatic heterocycles. The van der Waals surface area contributed by atoms with Gasteiger partial charge in [-0.3, -0.25) is 4.79 Å². The molecule has 1 aromatic rings. The number of nitrogens with one attached hydrogen (secondary N) is 1. The Labute approximate surface area is 147 Å². The van der Waals surface area contributed by atoms with Crippen LogP contribution in [0.1, 0.15) is 33.3 Å². The SMILES string of the molecule is Cc1ccc(Cl)c(O[C@H](C)C(=O)NC[C@@H](O)C(=O)OC(C)(C)C)c1. The largest absolute Gasteiger partial charge is 0.479 e. The van der Waals surface area contributed by atoms with Gasteiger partial charge in [0, 0.05) is 0 Å². The minimum absolute atomic E-state index is 0.261. The van der Waals surface area contributed by atoms with Crippen LogP contribution in [-0.4, -0.2) is 41.3 Å². The summed E-state index contributed by atoms with van der Waals surface area (Å²) in [6.07, 6.45) is -2.28. The summed E-state index contributed by atoms with van der Waals surface area (Å²) in [5.41, 5.74) is 0.239. The predicted molar refractivity (Wildman–Crippen MR) is 91.1 cm³/mol. The van der Waals surface area contributed by atoms with Crippen molar-refractivity contribution in [3.05, 3.63) is 28.8 Å². The molecule has 0 radical (unpaired) electrons. The van der Waals surface area contributed by atoms with Crippen molar-refractivity contribution < 1.29 is 24.2 Å². The second-order valence-electron chi connectivity index (χ2n) is 6.49. The number of hydrogen-bond acceptors (Lipinski definition) is 5. The van der Waals surface area contributed by atoms with Gasteiger partial charge in [-0.2, -0.15) is 0 Å². The highest BCUT2D eigenvalue weighted by Crippen LogP contribution is 2.26. The Hall–Kier alpha value is -1.79. The van der Waals surface area contributed by atoms with Crippen molar-refractivity contribution >= 4 is 23.5 Å². The molecule has 0 heterocycles. The molecule has 1 rings (SSSR count). The molecule has 134 valence electrons. The Kier molecular flexibility index (Phi) is 7.05. The number of aryl methyl sites for hydroxylation is 1. The molecule has 0 aliphatic rings. The summed E-state index contributed by atoms with van der Waals surface area (Å²) in [5, 5.41) is 12.6. The maximum atomic E-state index is 12.0. The number of halogens is 1. The summed E-state index contributed by atoms with van der Waals surface area (Å²) >= 11 is 6.02. The van der Waals surface area contributed by atoms with Crippen LogP contribution in [0.5, 0.6) is 5.75 Å². The number of benzene rings is 1. The van der Waals surface area contributed by atoms with E-state index in [0.29, 0.717) is 10.8 Å². The van der Waals surface area contributed by atoms with Crippen molar-refractivity contribution in [3.8, 4) is 5.75 Å². The molecule has 0 saturated carbocycles. The summed E-state index contributed by atoms with van der Waals surface area (Å²) in [5.74, 6) is -0.875. The van der Waals surface area contributed by atoms with Gasteiger partial charge in [-0.1, -0.05) is 17.7 Å². The van der Waals surface area contributed by atoms with Gasteiger partial charge < -0.3 is 19.9 Å². The normalized spacial score (nSPS) is 13.8. The van der Waals surface area contributed by atoms with Crippen LogP contribution in [0.4, 0.5) is 0 Å². The highest BCUT2D eigenvalue weighted by Gasteiger charge is 2.25. The van der Waals surface area contributed by atoms with Gasteiger partial charge in [0.1, 0.15) is 11.4 Å². The minimum Gasteiger partial charge on any atom is -0.479 e. The number of carbonyl (C=O) groups is 2. The lowest BCUT2D eigenvalue weighted by atomic mass is 10.2. The van der Waals surface area contributed by atoms with E-state index in [9.17, 15) is 14.7 Å². The van der Waals surface area contributed by atoms with E-state index in [4.69, 9.17) is 21.1 Å². The van der Waals surface area contributed by atoms with Crippen molar-refractivity contribution in [2.45, 2.75) is 52.4 Å². The van der Waals surface area contributed by atoms with Crippen LogP contribution < -0.4 is 10.1 Å². The number of rotatable bonds is 6. The third kappa shape index (κ3) is 6.76. The lowest BCUT2D eigenvalue weighted by Crippen LogP contribution is -2.44. The Bertz CT molecular complexity index is 597. The maximum absolute atomic E-state index is 12.0. The summed E-state index contributed by atoms with van der Waals surface area (Å²) < 4.78 is 10.5. The Morgan fingerprint density at radius 1 is 1.33 bits per heavy atom. The van der Waals surface area contributed by atoms with Crippen LogP contribution in [-0.2, 0) is 14.3 Å². The highest BCUT2D eigenvalue weighted by atomic mass is 35.5. The highest BCUT2D eigenvalue weighted by molar-refractivity contribution is 6.32. The fraction of sp³-hybridized carbons (Fsp3) is 0.529. The van der Waals surface area contributed by atoms with Gasteiger partial charge in [-0.05, 0) is 52.3 Å². The topological polar surface area (TPSA) is 84.9 Å². The second kappa shape index (κ2) is 8.35. The molecule has 0 fully saturated rings. The third-order valence-electron chi connectivity index (χ3n) is 2.91. The Morgan fingerprint density at radius 3 is 2.54 bits per heavy atom. The van der Waals surface area contributed by atoms with E-state index in [1.165, 1.54) is 0 Å². The Balaban J connectivity index is 2.52. The lowest BCUT2D eigenvalue weighted by molar-refractivity contribution is -0.164. The molecule has 7 heteroatoms. The van der Waals surface area contributed by atoms with Crippen LogP contribution in [0.2, 0.25) is 5.02 Å². The zero-order chi connectivity index (χ0) is 18.5. The number of hydrogen-bond donors (Lipinski definition) is 2. The first-order chi connectivity index (χ1) is 11.0. The number of ether oxygens (including phenoxy) is 2. The van der Waals surface area contributed by atoms with Gasteiger partial charge in [0.25, 0.3) is 5.91 Å².